The van der Waals surface area contributed by atoms with Crippen molar-refractivity contribution in [3.8, 4) is 17.0 Å². The second-order valence-electron chi connectivity index (χ2n) is 13.7. The maximum absolute atomic E-state index is 13.8. The van der Waals surface area contributed by atoms with Gasteiger partial charge in [0.05, 0.1) is 23.4 Å². The molecule has 1 aliphatic carbocycles. The second-order valence-corrected chi connectivity index (χ2v) is 14.5. The van der Waals surface area contributed by atoms with Crippen molar-refractivity contribution in [2.24, 2.45) is 23.2 Å². The van der Waals surface area contributed by atoms with Gasteiger partial charge in [-0.1, -0.05) is 83.3 Å². The van der Waals surface area contributed by atoms with Crippen molar-refractivity contribution in [2.45, 2.75) is 99.1 Å². The largest absolute Gasteiger partial charge is 0.493 e. The Kier molecular flexibility index (Phi) is 11.6. The van der Waals surface area contributed by atoms with E-state index in [1.165, 1.54) is 0 Å². The van der Waals surface area contributed by atoms with Crippen LogP contribution in [0.3, 0.4) is 0 Å². The number of halogens is 2. The minimum Gasteiger partial charge on any atom is -0.493 e. The summed E-state index contributed by atoms with van der Waals surface area (Å²) in [5.41, 5.74) is 3.02. The van der Waals surface area contributed by atoms with Crippen LogP contribution in [0.4, 0.5) is 0 Å². The molecule has 0 spiro atoms. The number of aryl methyl sites for hydroxylation is 1. The van der Waals surface area contributed by atoms with Crippen LogP contribution in [-0.2, 0) is 17.8 Å². The number of hydrogen-bond acceptors (Lipinski definition) is 3. The van der Waals surface area contributed by atoms with Gasteiger partial charge in [-0.15, -0.1) is 0 Å². The molecule has 0 aliphatic heterocycles. The highest BCUT2D eigenvalue weighted by Gasteiger charge is 2.34. The van der Waals surface area contributed by atoms with Crippen LogP contribution < -0.4 is 10.1 Å². The van der Waals surface area contributed by atoms with Gasteiger partial charge in [-0.2, -0.15) is 0 Å². The van der Waals surface area contributed by atoms with Gasteiger partial charge >= 0.3 is 0 Å². The Morgan fingerprint density at radius 3 is 2.37 bits per heavy atom. The van der Waals surface area contributed by atoms with Crippen LogP contribution in [0.2, 0.25) is 10.0 Å². The van der Waals surface area contributed by atoms with Gasteiger partial charge in [-0.25, -0.2) is 4.98 Å². The van der Waals surface area contributed by atoms with E-state index in [-0.39, 0.29) is 23.3 Å². The van der Waals surface area contributed by atoms with Crippen molar-refractivity contribution in [3.05, 3.63) is 70.1 Å². The monoisotopic (exact) mass is 625 g/mol. The lowest BCUT2D eigenvalue weighted by Crippen LogP contribution is -2.38. The number of benzene rings is 2. The number of nitrogens with one attached hydrogen (secondary N) is 1. The molecule has 1 aromatic heterocycles. The summed E-state index contributed by atoms with van der Waals surface area (Å²) in [4.78, 5) is 18.9. The van der Waals surface area contributed by atoms with E-state index < -0.39 is 0 Å². The molecule has 4 rings (SSSR count). The number of ether oxygens (including phenoxy) is 1. The first-order chi connectivity index (χ1) is 20.4. The molecule has 1 atom stereocenters. The van der Waals surface area contributed by atoms with E-state index in [9.17, 15) is 4.79 Å². The topological polar surface area (TPSA) is 56.1 Å². The summed E-state index contributed by atoms with van der Waals surface area (Å²) in [6, 6.07) is 13.5. The average Bonchev–Trinajstić information content (AvgIpc) is 3.38. The number of unbranched alkanes of at least 4 members (excludes halogenated alkanes) is 1. The Bertz CT molecular complexity index is 1340. The van der Waals surface area contributed by atoms with Gasteiger partial charge in [0.15, 0.2) is 0 Å². The lowest BCUT2D eigenvalue weighted by molar-refractivity contribution is -0.127. The molecule has 234 valence electrons. The molecule has 0 bridgehead atoms. The smallest absolute Gasteiger partial charge is 0.223 e. The van der Waals surface area contributed by atoms with Crippen molar-refractivity contribution in [1.29, 1.82) is 0 Å². The van der Waals surface area contributed by atoms with E-state index in [4.69, 9.17) is 32.9 Å². The quantitative estimate of drug-likeness (QED) is 0.218. The number of carbonyl (C=O) groups excluding carboxylic acids is 1. The third-order valence-electron chi connectivity index (χ3n) is 8.66. The summed E-state index contributed by atoms with van der Waals surface area (Å²) in [6.07, 6.45) is 8.80. The summed E-state index contributed by atoms with van der Waals surface area (Å²) in [5.74, 6) is 2.98. The molecular formula is C36H49Cl2N3O2. The highest BCUT2D eigenvalue weighted by molar-refractivity contribution is 6.36. The Morgan fingerprint density at radius 2 is 1.77 bits per heavy atom. The predicted molar refractivity (Wildman–Crippen MR) is 179 cm³/mol. The molecule has 0 radical (unpaired) electrons. The second kappa shape index (κ2) is 15.0. The highest BCUT2D eigenvalue weighted by atomic mass is 35.5. The van der Waals surface area contributed by atoms with Crippen LogP contribution in [-0.4, -0.2) is 22.1 Å². The first-order valence-electron chi connectivity index (χ1n) is 16.0. The van der Waals surface area contributed by atoms with Crippen LogP contribution in [0.5, 0.6) is 5.75 Å². The molecule has 1 amide bonds. The lowest BCUT2D eigenvalue weighted by Gasteiger charge is -2.36. The molecule has 1 fully saturated rings. The number of amides is 1. The van der Waals surface area contributed by atoms with Gasteiger partial charge < -0.3 is 14.6 Å². The Morgan fingerprint density at radius 1 is 1.07 bits per heavy atom. The molecule has 5 nitrogen and oxygen atoms in total. The zero-order valence-corrected chi connectivity index (χ0v) is 28.3. The number of imidazole rings is 1. The summed E-state index contributed by atoms with van der Waals surface area (Å²) in [6.45, 7) is 14.9. The lowest BCUT2D eigenvalue weighted by atomic mass is 9.69. The van der Waals surface area contributed by atoms with Gasteiger partial charge in [0.2, 0.25) is 5.91 Å². The van der Waals surface area contributed by atoms with Crippen molar-refractivity contribution < 1.29 is 9.53 Å². The average molecular weight is 627 g/mol. The molecule has 0 unspecified atom stereocenters. The van der Waals surface area contributed by atoms with Gasteiger partial charge in [-0.3, -0.25) is 4.79 Å². The number of hydrogen-bond donors (Lipinski definition) is 1. The van der Waals surface area contributed by atoms with Crippen molar-refractivity contribution in [2.75, 3.05) is 6.61 Å². The van der Waals surface area contributed by atoms with Crippen LogP contribution in [0.25, 0.3) is 11.3 Å². The van der Waals surface area contributed by atoms with Crippen LogP contribution in [0.15, 0.2) is 48.7 Å². The minimum atomic E-state index is -0.285. The summed E-state index contributed by atoms with van der Waals surface area (Å²) >= 11 is 12.8. The van der Waals surface area contributed by atoms with Crippen molar-refractivity contribution in [1.82, 2.24) is 14.9 Å². The highest BCUT2D eigenvalue weighted by Crippen LogP contribution is 2.40. The summed E-state index contributed by atoms with van der Waals surface area (Å²) in [7, 11) is 0. The molecular weight excluding hydrogens is 577 g/mol. The van der Waals surface area contributed by atoms with Gasteiger partial charge in [0, 0.05) is 29.2 Å². The summed E-state index contributed by atoms with van der Waals surface area (Å²) in [5, 5.41) is 4.61. The molecule has 1 saturated carbocycles. The van der Waals surface area contributed by atoms with E-state index in [0.717, 1.165) is 73.5 Å². The van der Waals surface area contributed by atoms with Gasteiger partial charge in [0.25, 0.3) is 0 Å². The Labute approximate surface area is 268 Å². The molecule has 3 aromatic rings. The van der Waals surface area contributed by atoms with Crippen molar-refractivity contribution >= 4 is 29.1 Å². The van der Waals surface area contributed by atoms with Crippen LogP contribution in [0, 0.1) is 23.2 Å². The number of aromatic nitrogens is 2. The molecule has 1 N–H and O–H groups in total. The van der Waals surface area contributed by atoms with Gasteiger partial charge in [0.1, 0.15) is 11.6 Å². The molecule has 2 aromatic carbocycles. The van der Waals surface area contributed by atoms with Crippen LogP contribution in [0.1, 0.15) is 97.5 Å². The number of nitrogens with zero attached hydrogens (tertiary/aromatic N) is 2. The van der Waals surface area contributed by atoms with Crippen molar-refractivity contribution in [3.63, 3.8) is 0 Å². The molecule has 0 saturated heterocycles. The Balaban J connectivity index is 1.63. The number of carbonyl (C=O) groups is 1. The maximum Gasteiger partial charge on any atom is 0.223 e. The number of rotatable bonds is 12. The SMILES string of the molecule is CCCCn1cc(-c2ccc(Cl)cc2Cl)nc1[C@H](Cc1ccc(OCC(C)C)cc1)NC(=O)C1CCC(C(C)(C)C)CC1. The fraction of sp³-hybridized carbons (Fsp3) is 0.556. The first kappa shape index (κ1) is 33.4. The van der Waals surface area contributed by atoms with E-state index in [0.29, 0.717) is 34.9 Å². The molecule has 1 heterocycles. The third-order valence-corrected chi connectivity index (χ3v) is 9.21. The third kappa shape index (κ3) is 9.25. The first-order valence-corrected chi connectivity index (χ1v) is 16.7. The maximum atomic E-state index is 13.8. The standard InChI is InChI=1S/C36H49Cl2N3O2/c1-7-8-19-41-22-33(30-18-15-28(37)21-31(30)38)39-34(41)32(20-25-9-16-29(17-10-25)43-23-24(2)3)40-35(42)26-11-13-27(14-12-26)36(4,5)6/h9-10,15-18,21-22,24,26-27,32H,7-8,11-14,19-20,23H2,1-6H3,(H,40,42)/t26?,27?,32-/m0/s1. The fourth-order valence-electron chi connectivity index (χ4n) is 5.98. The van der Waals surface area contributed by atoms with E-state index in [1.807, 2.05) is 24.3 Å². The minimum absolute atomic E-state index is 0.0251. The van der Waals surface area contributed by atoms with Gasteiger partial charge in [-0.05, 0) is 91.7 Å². The molecule has 7 heteroatoms. The zero-order valence-electron chi connectivity index (χ0n) is 26.8. The fourth-order valence-corrected chi connectivity index (χ4v) is 6.49. The Hall–Kier alpha value is -2.50. The van der Waals surface area contributed by atoms with Crippen LogP contribution >= 0.6 is 23.2 Å². The zero-order chi connectivity index (χ0) is 31.1. The normalized spacial score (nSPS) is 18.1. The molecule has 1 aliphatic rings. The van der Waals surface area contributed by atoms with E-state index in [1.54, 1.807) is 6.07 Å². The summed E-state index contributed by atoms with van der Waals surface area (Å²) < 4.78 is 8.12. The van der Waals surface area contributed by atoms with E-state index in [2.05, 4.69) is 69.8 Å². The van der Waals surface area contributed by atoms with E-state index >= 15 is 0 Å². The molecule has 43 heavy (non-hydrogen) atoms. The predicted octanol–water partition coefficient (Wildman–Crippen LogP) is 9.94.